The lowest BCUT2D eigenvalue weighted by molar-refractivity contribution is -0.111. The van der Waals surface area contributed by atoms with Gasteiger partial charge in [-0.15, -0.1) is 11.3 Å². The Bertz CT molecular complexity index is 1380. The zero-order valence-electron chi connectivity index (χ0n) is 20.2. The van der Waals surface area contributed by atoms with Crippen molar-refractivity contribution in [2.75, 3.05) is 19.0 Å². The molecule has 4 rings (SSSR count). The van der Waals surface area contributed by atoms with Crippen molar-refractivity contribution in [2.45, 2.75) is 13.5 Å². The van der Waals surface area contributed by atoms with Crippen molar-refractivity contribution in [2.24, 2.45) is 0 Å². The summed E-state index contributed by atoms with van der Waals surface area (Å²) in [5.41, 5.74) is 3.19. The molecule has 4 aromatic rings. The number of nitrogens with one attached hydrogen (secondary N) is 1. The molecule has 0 unspecified atom stereocenters. The van der Waals surface area contributed by atoms with Crippen molar-refractivity contribution in [1.29, 1.82) is 0 Å². The molecular weight excluding hydrogens is 531 g/mol. The van der Waals surface area contributed by atoms with Crippen LogP contribution in [0.2, 0.25) is 10.0 Å². The number of carbonyl (C=O) groups excluding carboxylic acids is 1. The van der Waals surface area contributed by atoms with Crippen LogP contribution in [-0.2, 0) is 11.4 Å². The Morgan fingerprint density at radius 2 is 1.78 bits per heavy atom. The van der Waals surface area contributed by atoms with Crippen LogP contribution in [0.5, 0.6) is 17.2 Å². The molecule has 0 radical (unpaired) electrons. The Kier molecular flexibility index (Phi) is 9.06. The minimum atomic E-state index is -0.291. The highest BCUT2D eigenvalue weighted by Crippen LogP contribution is 2.32. The topological polar surface area (TPSA) is 69.7 Å². The molecule has 37 heavy (non-hydrogen) atoms. The van der Waals surface area contributed by atoms with Crippen LogP contribution in [0.4, 0.5) is 5.13 Å². The van der Waals surface area contributed by atoms with Crippen molar-refractivity contribution >= 4 is 51.7 Å². The van der Waals surface area contributed by atoms with Crippen LogP contribution in [0.3, 0.4) is 0 Å². The predicted molar refractivity (Wildman–Crippen MR) is 150 cm³/mol. The molecule has 1 heterocycles. The third-order valence-corrected chi connectivity index (χ3v) is 6.71. The van der Waals surface area contributed by atoms with Gasteiger partial charge in [-0.25, -0.2) is 4.98 Å². The van der Waals surface area contributed by atoms with E-state index < -0.39 is 0 Å². The molecule has 0 spiro atoms. The summed E-state index contributed by atoms with van der Waals surface area (Å²) in [5, 5.41) is 6.27. The fourth-order valence-electron chi connectivity index (χ4n) is 3.40. The van der Waals surface area contributed by atoms with Crippen LogP contribution in [0.1, 0.15) is 18.1 Å². The first-order chi connectivity index (χ1) is 18.0. The number of thiazole rings is 1. The summed E-state index contributed by atoms with van der Waals surface area (Å²) in [6.07, 6.45) is 3.13. The molecule has 0 aliphatic carbocycles. The third kappa shape index (κ3) is 7.04. The van der Waals surface area contributed by atoms with Crippen LogP contribution in [0, 0.1) is 0 Å². The van der Waals surface area contributed by atoms with E-state index in [1.807, 2.05) is 42.6 Å². The monoisotopic (exact) mass is 554 g/mol. The second kappa shape index (κ2) is 12.6. The summed E-state index contributed by atoms with van der Waals surface area (Å²) in [7, 11) is 1.55. The number of anilines is 1. The number of halogens is 2. The fraction of sp³-hybridized carbons (Fsp3) is 0.143. The lowest BCUT2D eigenvalue weighted by atomic mass is 10.2. The van der Waals surface area contributed by atoms with E-state index in [0.717, 1.165) is 22.6 Å². The van der Waals surface area contributed by atoms with Gasteiger partial charge in [-0.05, 0) is 67.1 Å². The Labute approximate surface area is 229 Å². The number of amides is 1. The highest BCUT2D eigenvalue weighted by molar-refractivity contribution is 7.14. The minimum Gasteiger partial charge on any atom is -0.494 e. The Hall–Kier alpha value is -3.52. The Balaban J connectivity index is 1.37. The number of rotatable bonds is 10. The summed E-state index contributed by atoms with van der Waals surface area (Å²) in [5.74, 6) is 1.57. The van der Waals surface area contributed by atoms with Gasteiger partial charge in [0.25, 0.3) is 0 Å². The molecule has 6 nitrogen and oxygen atoms in total. The van der Waals surface area contributed by atoms with E-state index in [1.165, 1.54) is 17.4 Å². The van der Waals surface area contributed by atoms with Gasteiger partial charge in [-0.2, -0.15) is 0 Å². The average Bonchev–Trinajstić information content (AvgIpc) is 3.36. The maximum Gasteiger partial charge on any atom is 0.250 e. The summed E-state index contributed by atoms with van der Waals surface area (Å²) >= 11 is 13.8. The van der Waals surface area contributed by atoms with Crippen molar-refractivity contribution in [3.05, 3.63) is 93.3 Å². The van der Waals surface area contributed by atoms with Gasteiger partial charge in [0, 0.05) is 32.6 Å². The van der Waals surface area contributed by atoms with E-state index in [2.05, 4.69) is 10.3 Å². The molecule has 1 N–H and O–H groups in total. The van der Waals surface area contributed by atoms with Crippen molar-refractivity contribution in [3.8, 4) is 28.5 Å². The molecule has 0 atom stereocenters. The van der Waals surface area contributed by atoms with Gasteiger partial charge in [0.15, 0.2) is 16.6 Å². The number of nitrogens with zero attached hydrogens (tertiary/aromatic N) is 1. The lowest BCUT2D eigenvalue weighted by Crippen LogP contribution is -2.07. The van der Waals surface area contributed by atoms with Gasteiger partial charge in [0.1, 0.15) is 12.4 Å². The molecule has 0 aliphatic heterocycles. The van der Waals surface area contributed by atoms with Crippen LogP contribution in [0.25, 0.3) is 17.3 Å². The number of methoxy groups -OCH3 is 1. The minimum absolute atomic E-state index is 0.193. The van der Waals surface area contributed by atoms with Gasteiger partial charge in [-0.3, -0.25) is 10.1 Å². The van der Waals surface area contributed by atoms with Gasteiger partial charge in [0.05, 0.1) is 19.4 Å². The van der Waals surface area contributed by atoms with Crippen molar-refractivity contribution in [1.82, 2.24) is 4.98 Å². The van der Waals surface area contributed by atoms with E-state index in [0.29, 0.717) is 38.8 Å². The summed E-state index contributed by atoms with van der Waals surface area (Å²) in [6.45, 7) is 2.75. The quantitative estimate of drug-likeness (QED) is 0.203. The Morgan fingerprint density at radius 3 is 2.49 bits per heavy atom. The average molecular weight is 555 g/mol. The molecule has 0 saturated carbocycles. The molecule has 0 fully saturated rings. The normalized spacial score (nSPS) is 10.9. The zero-order chi connectivity index (χ0) is 26.2. The van der Waals surface area contributed by atoms with Gasteiger partial charge >= 0.3 is 0 Å². The standard InChI is InChI=1S/C28H24Cl2N2O4S/c1-3-35-20-11-9-19(10-12-20)24-17-37-28(31-24)32-27(33)14-8-18-7-13-25(26(15-18)34-2)36-16-21-22(29)5-4-6-23(21)30/h4-15,17H,3,16H2,1-2H3,(H,31,32,33). The summed E-state index contributed by atoms with van der Waals surface area (Å²) < 4.78 is 16.8. The highest BCUT2D eigenvalue weighted by Gasteiger charge is 2.11. The number of ether oxygens (including phenoxy) is 3. The van der Waals surface area contributed by atoms with E-state index in [9.17, 15) is 4.79 Å². The maximum atomic E-state index is 12.5. The van der Waals surface area contributed by atoms with Crippen molar-refractivity contribution < 1.29 is 19.0 Å². The van der Waals surface area contributed by atoms with E-state index >= 15 is 0 Å². The zero-order valence-corrected chi connectivity index (χ0v) is 22.5. The molecule has 3 aromatic carbocycles. The highest BCUT2D eigenvalue weighted by atomic mass is 35.5. The smallest absolute Gasteiger partial charge is 0.250 e. The van der Waals surface area contributed by atoms with Crippen LogP contribution < -0.4 is 19.5 Å². The van der Waals surface area contributed by atoms with E-state index in [4.69, 9.17) is 37.4 Å². The molecule has 9 heteroatoms. The van der Waals surface area contributed by atoms with Crippen molar-refractivity contribution in [3.63, 3.8) is 0 Å². The molecular formula is C28H24Cl2N2O4S. The SMILES string of the molecule is CCOc1ccc(-c2csc(NC(=O)C=Cc3ccc(OCc4c(Cl)cccc4Cl)c(OC)c3)n2)cc1. The van der Waals surface area contributed by atoms with E-state index in [-0.39, 0.29) is 12.5 Å². The summed E-state index contributed by atoms with van der Waals surface area (Å²) in [4.78, 5) is 17.0. The maximum absolute atomic E-state index is 12.5. The number of carbonyl (C=O) groups is 1. The predicted octanol–water partition coefficient (Wildman–Crippen LogP) is 7.76. The largest absolute Gasteiger partial charge is 0.494 e. The van der Waals surface area contributed by atoms with E-state index in [1.54, 1.807) is 43.5 Å². The molecule has 190 valence electrons. The number of hydrogen-bond donors (Lipinski definition) is 1. The Morgan fingerprint density at radius 1 is 1.03 bits per heavy atom. The van der Waals surface area contributed by atoms with Gasteiger partial charge < -0.3 is 14.2 Å². The molecule has 0 saturated heterocycles. The second-order valence-electron chi connectivity index (χ2n) is 7.72. The third-order valence-electron chi connectivity index (χ3n) is 5.24. The lowest BCUT2D eigenvalue weighted by Gasteiger charge is -2.13. The first-order valence-corrected chi connectivity index (χ1v) is 13.0. The van der Waals surface area contributed by atoms with Gasteiger partial charge in [-0.1, -0.05) is 35.3 Å². The molecule has 0 bridgehead atoms. The molecule has 0 aliphatic rings. The number of aromatic nitrogens is 1. The molecule has 1 amide bonds. The second-order valence-corrected chi connectivity index (χ2v) is 9.39. The number of benzene rings is 3. The van der Waals surface area contributed by atoms with Gasteiger partial charge in [0.2, 0.25) is 5.91 Å². The fourth-order valence-corrected chi connectivity index (χ4v) is 4.63. The van der Waals surface area contributed by atoms with Crippen LogP contribution in [0.15, 0.2) is 72.1 Å². The van der Waals surface area contributed by atoms with Crippen LogP contribution in [-0.4, -0.2) is 24.6 Å². The first-order valence-electron chi connectivity index (χ1n) is 11.4. The van der Waals surface area contributed by atoms with Crippen LogP contribution >= 0.6 is 34.5 Å². The summed E-state index contributed by atoms with van der Waals surface area (Å²) in [6, 6.07) is 18.3. The molecule has 1 aromatic heterocycles. The number of hydrogen-bond acceptors (Lipinski definition) is 6. The first kappa shape index (κ1) is 26.5.